The van der Waals surface area contributed by atoms with E-state index in [9.17, 15) is 14.4 Å². The molecule has 2 aliphatic rings. The van der Waals surface area contributed by atoms with Crippen LogP contribution in [0.4, 0.5) is 10.5 Å². The summed E-state index contributed by atoms with van der Waals surface area (Å²) in [6, 6.07) is 6.16. The fraction of sp³-hybridized carbons (Fsp3) is 0.421. The number of nitrogens with zero attached hydrogens (tertiary/aromatic N) is 2. The van der Waals surface area contributed by atoms with Crippen LogP contribution in [0.3, 0.4) is 0 Å². The van der Waals surface area contributed by atoms with E-state index in [1.165, 1.54) is 32.1 Å². The second-order valence-corrected chi connectivity index (χ2v) is 7.43. The van der Waals surface area contributed by atoms with E-state index in [4.69, 9.17) is 0 Å². The standard InChI is InChI=1S/C19H22N2O4S/c1-13-10-15(20-8-4-3-5-9-20)7-6-14(13)11-16-18(23)21(19(24)26-16)12-17(22)25-2/h6-7,10-11H,3-5,8-9,12H2,1-2H3/b16-11+. The molecule has 3 rings (SSSR count). The number of aryl methyl sites for hydroxylation is 1. The molecule has 6 nitrogen and oxygen atoms in total. The van der Waals surface area contributed by atoms with Gasteiger partial charge in [0.25, 0.3) is 11.1 Å². The third kappa shape index (κ3) is 3.93. The number of piperidine rings is 1. The summed E-state index contributed by atoms with van der Waals surface area (Å²) >= 11 is 0.850. The molecule has 0 saturated carbocycles. The Hall–Kier alpha value is -2.28. The maximum absolute atomic E-state index is 12.4. The molecule has 2 heterocycles. The van der Waals surface area contributed by atoms with Crippen LogP contribution in [0.25, 0.3) is 6.08 Å². The number of anilines is 1. The molecule has 1 aromatic carbocycles. The first-order chi connectivity index (χ1) is 12.5. The van der Waals surface area contributed by atoms with E-state index < -0.39 is 17.1 Å². The summed E-state index contributed by atoms with van der Waals surface area (Å²) in [5.41, 5.74) is 3.14. The van der Waals surface area contributed by atoms with Crippen LogP contribution in [0.2, 0.25) is 0 Å². The van der Waals surface area contributed by atoms with Gasteiger partial charge < -0.3 is 9.64 Å². The highest BCUT2D eigenvalue weighted by Crippen LogP contribution is 2.33. The number of imide groups is 1. The number of esters is 1. The Kier molecular flexibility index (Phi) is 5.66. The first-order valence-corrected chi connectivity index (χ1v) is 9.49. The summed E-state index contributed by atoms with van der Waals surface area (Å²) in [4.78, 5) is 39.4. The summed E-state index contributed by atoms with van der Waals surface area (Å²) in [7, 11) is 1.23. The predicted octanol–water partition coefficient (Wildman–Crippen LogP) is 3.19. The normalized spacial score (nSPS) is 19.4. The first kappa shape index (κ1) is 18.5. The number of thioether (sulfide) groups is 1. The zero-order valence-corrected chi connectivity index (χ0v) is 15.8. The van der Waals surface area contributed by atoms with Crippen molar-refractivity contribution >= 4 is 40.6 Å². The average molecular weight is 374 g/mol. The minimum atomic E-state index is -0.615. The number of hydrogen-bond donors (Lipinski definition) is 0. The average Bonchev–Trinajstić information content (AvgIpc) is 2.91. The van der Waals surface area contributed by atoms with Crippen LogP contribution in [0, 0.1) is 6.92 Å². The van der Waals surface area contributed by atoms with Gasteiger partial charge >= 0.3 is 5.97 Å². The highest BCUT2D eigenvalue weighted by Gasteiger charge is 2.36. The van der Waals surface area contributed by atoms with Crippen molar-refractivity contribution in [1.29, 1.82) is 0 Å². The molecule has 0 N–H and O–H groups in total. The zero-order chi connectivity index (χ0) is 18.7. The van der Waals surface area contributed by atoms with Crippen LogP contribution in [0.1, 0.15) is 30.4 Å². The summed E-state index contributed by atoms with van der Waals surface area (Å²) < 4.78 is 4.53. The van der Waals surface area contributed by atoms with Crippen LogP contribution in [0.5, 0.6) is 0 Å². The van der Waals surface area contributed by atoms with E-state index in [2.05, 4.69) is 21.8 Å². The smallest absolute Gasteiger partial charge is 0.325 e. The Balaban J connectivity index is 1.78. The highest BCUT2D eigenvalue weighted by atomic mass is 32.2. The summed E-state index contributed by atoms with van der Waals surface area (Å²) in [5.74, 6) is -1.07. The number of benzene rings is 1. The molecule has 26 heavy (non-hydrogen) atoms. The zero-order valence-electron chi connectivity index (χ0n) is 15.0. The lowest BCUT2D eigenvalue weighted by atomic mass is 10.0. The fourth-order valence-corrected chi connectivity index (χ4v) is 3.97. The molecule has 2 amide bonds. The van der Waals surface area contributed by atoms with Gasteiger partial charge in [0.15, 0.2) is 0 Å². The molecule has 0 aromatic heterocycles. The molecule has 2 aliphatic heterocycles. The summed E-state index contributed by atoms with van der Waals surface area (Å²) in [5, 5.41) is -0.450. The minimum Gasteiger partial charge on any atom is -0.468 e. The van der Waals surface area contributed by atoms with E-state index >= 15 is 0 Å². The molecule has 0 spiro atoms. The molecule has 0 aliphatic carbocycles. The van der Waals surface area contributed by atoms with Crippen LogP contribution in [-0.4, -0.2) is 48.8 Å². The van der Waals surface area contributed by atoms with Crippen molar-refractivity contribution in [3.63, 3.8) is 0 Å². The molecule has 0 bridgehead atoms. The van der Waals surface area contributed by atoms with Crippen LogP contribution in [0.15, 0.2) is 23.1 Å². The van der Waals surface area contributed by atoms with E-state index in [-0.39, 0.29) is 6.54 Å². The second kappa shape index (κ2) is 7.95. The Morgan fingerprint density at radius 3 is 2.62 bits per heavy atom. The van der Waals surface area contributed by atoms with Crippen LogP contribution >= 0.6 is 11.8 Å². The maximum atomic E-state index is 12.4. The molecule has 1 aromatic rings. The molecule has 2 fully saturated rings. The van der Waals surface area contributed by atoms with Gasteiger partial charge in [0.2, 0.25) is 0 Å². The van der Waals surface area contributed by atoms with E-state index in [0.717, 1.165) is 40.9 Å². The predicted molar refractivity (Wildman–Crippen MR) is 102 cm³/mol. The van der Waals surface area contributed by atoms with Gasteiger partial charge in [0.1, 0.15) is 6.54 Å². The van der Waals surface area contributed by atoms with Crippen LogP contribution < -0.4 is 4.90 Å². The Labute approximate surface area is 157 Å². The number of methoxy groups -OCH3 is 1. The van der Waals surface area contributed by atoms with Crippen molar-refractivity contribution in [2.24, 2.45) is 0 Å². The largest absolute Gasteiger partial charge is 0.468 e. The van der Waals surface area contributed by atoms with Crippen molar-refractivity contribution in [2.45, 2.75) is 26.2 Å². The van der Waals surface area contributed by atoms with E-state index in [1.54, 1.807) is 6.08 Å². The van der Waals surface area contributed by atoms with Gasteiger partial charge in [-0.1, -0.05) is 6.07 Å². The molecule has 138 valence electrons. The van der Waals surface area contributed by atoms with Crippen molar-refractivity contribution in [3.8, 4) is 0 Å². The fourth-order valence-electron chi connectivity index (χ4n) is 3.14. The molecule has 0 unspecified atom stereocenters. The molecule has 0 atom stereocenters. The topological polar surface area (TPSA) is 66.9 Å². The van der Waals surface area contributed by atoms with Gasteiger partial charge in [0.05, 0.1) is 12.0 Å². The SMILES string of the molecule is COC(=O)CN1C(=O)S/C(=C/c2ccc(N3CCCCC3)cc2C)C1=O. The monoisotopic (exact) mass is 374 g/mol. The Bertz CT molecular complexity index is 769. The molecular weight excluding hydrogens is 352 g/mol. The lowest BCUT2D eigenvalue weighted by Crippen LogP contribution is -2.34. The van der Waals surface area contributed by atoms with Gasteiger partial charge in [-0.15, -0.1) is 0 Å². The van der Waals surface area contributed by atoms with Crippen LogP contribution in [-0.2, 0) is 14.3 Å². The van der Waals surface area contributed by atoms with Crippen molar-refractivity contribution in [2.75, 3.05) is 31.6 Å². The number of rotatable bonds is 4. The van der Waals surface area contributed by atoms with Gasteiger partial charge in [-0.25, -0.2) is 0 Å². The lowest BCUT2D eigenvalue weighted by molar-refractivity contribution is -0.143. The minimum absolute atomic E-state index is 0.327. The van der Waals surface area contributed by atoms with Gasteiger partial charge in [-0.3, -0.25) is 19.3 Å². The number of ether oxygens (including phenoxy) is 1. The van der Waals surface area contributed by atoms with Gasteiger partial charge in [-0.2, -0.15) is 0 Å². The van der Waals surface area contributed by atoms with E-state index in [1.807, 2.05) is 13.0 Å². The lowest BCUT2D eigenvalue weighted by Gasteiger charge is -2.29. The van der Waals surface area contributed by atoms with E-state index in [0.29, 0.717) is 4.91 Å². The summed E-state index contributed by atoms with van der Waals surface area (Å²) in [6.45, 7) is 3.79. The number of hydrogen-bond acceptors (Lipinski definition) is 6. The van der Waals surface area contributed by atoms with Gasteiger partial charge in [-0.05, 0) is 67.3 Å². The molecule has 2 saturated heterocycles. The third-order valence-corrected chi connectivity index (χ3v) is 5.56. The second-order valence-electron chi connectivity index (χ2n) is 6.43. The summed E-state index contributed by atoms with van der Waals surface area (Å²) in [6.07, 6.45) is 5.44. The maximum Gasteiger partial charge on any atom is 0.325 e. The molecular formula is C19H22N2O4S. The molecule has 7 heteroatoms. The van der Waals surface area contributed by atoms with Crippen molar-refractivity contribution in [3.05, 3.63) is 34.2 Å². The van der Waals surface area contributed by atoms with Gasteiger partial charge in [0, 0.05) is 18.8 Å². The molecule has 0 radical (unpaired) electrons. The number of amides is 2. The number of carbonyl (C=O) groups excluding carboxylic acids is 3. The van der Waals surface area contributed by atoms with Crippen molar-refractivity contribution in [1.82, 2.24) is 4.90 Å². The highest BCUT2D eigenvalue weighted by molar-refractivity contribution is 8.18. The van der Waals surface area contributed by atoms with Crippen molar-refractivity contribution < 1.29 is 19.1 Å². The Morgan fingerprint density at radius 2 is 1.96 bits per heavy atom. The third-order valence-electron chi connectivity index (χ3n) is 4.65. The number of carbonyl (C=O) groups is 3. The first-order valence-electron chi connectivity index (χ1n) is 8.67. The Morgan fingerprint density at radius 1 is 1.23 bits per heavy atom. The quantitative estimate of drug-likeness (QED) is 0.596.